The molecule has 2 nitrogen and oxygen atoms in total. The van der Waals surface area contributed by atoms with Gasteiger partial charge in [0.1, 0.15) is 12.4 Å². The molecule has 0 atom stereocenters. The molecule has 0 bridgehead atoms. The van der Waals surface area contributed by atoms with Crippen molar-refractivity contribution in [2.24, 2.45) is 0 Å². The van der Waals surface area contributed by atoms with Crippen molar-refractivity contribution in [1.29, 1.82) is 5.26 Å². The molecule has 0 amide bonds. The summed E-state index contributed by atoms with van der Waals surface area (Å²) < 4.78 is 6.39. The van der Waals surface area contributed by atoms with Gasteiger partial charge in [-0.1, -0.05) is 103 Å². The summed E-state index contributed by atoms with van der Waals surface area (Å²) in [5.41, 5.74) is 4.73. The van der Waals surface area contributed by atoms with Gasteiger partial charge in [-0.3, -0.25) is 0 Å². The highest BCUT2D eigenvalue weighted by Gasteiger charge is 2.11. The average molecular weight is 426 g/mol. The topological polar surface area (TPSA) is 33.0 Å². The first kappa shape index (κ1) is 20.5. The van der Waals surface area contributed by atoms with Crippen molar-refractivity contribution in [2.45, 2.75) is 13.5 Å². The molecular weight excluding hydrogens is 402 g/mol. The summed E-state index contributed by atoms with van der Waals surface area (Å²) >= 11 is 0. The largest absolute Gasteiger partial charge is 0.488 e. The summed E-state index contributed by atoms with van der Waals surface area (Å²) in [5, 5.41) is 14.5. The van der Waals surface area contributed by atoms with Crippen LogP contribution in [0.1, 0.15) is 22.3 Å². The molecule has 0 saturated carbocycles. The molecule has 0 aliphatic rings. The number of nitriles is 1. The Morgan fingerprint density at radius 2 is 1.42 bits per heavy atom. The van der Waals surface area contributed by atoms with Crippen molar-refractivity contribution in [3.05, 3.63) is 125 Å². The van der Waals surface area contributed by atoms with E-state index in [2.05, 4.69) is 60.7 Å². The van der Waals surface area contributed by atoms with Gasteiger partial charge in [0, 0.05) is 5.56 Å². The molecule has 0 aromatic heterocycles. The van der Waals surface area contributed by atoms with Crippen molar-refractivity contribution in [3.63, 3.8) is 0 Å². The standard InChI is InChI=1S/C31H23NO/c1-22-13-15-23(16-14-22)27(20-32)19-30-29-12-5-3-8-25(29)17-18-31(30)33-21-26-10-6-9-24-7-2-4-11-28(24)26/h2-19H,21H2,1H3/b27-19+. The lowest BCUT2D eigenvalue weighted by Gasteiger charge is -2.14. The van der Waals surface area contributed by atoms with Gasteiger partial charge in [-0.2, -0.15) is 5.26 Å². The number of fused-ring (bicyclic) bond motifs is 2. The molecule has 0 aliphatic heterocycles. The van der Waals surface area contributed by atoms with Gasteiger partial charge >= 0.3 is 0 Å². The number of ether oxygens (including phenoxy) is 1. The van der Waals surface area contributed by atoms with Crippen LogP contribution >= 0.6 is 0 Å². The van der Waals surface area contributed by atoms with Gasteiger partial charge in [-0.15, -0.1) is 0 Å². The summed E-state index contributed by atoms with van der Waals surface area (Å²) in [5.74, 6) is 0.765. The zero-order valence-electron chi connectivity index (χ0n) is 18.5. The summed E-state index contributed by atoms with van der Waals surface area (Å²) in [7, 11) is 0. The van der Waals surface area contributed by atoms with Gasteiger partial charge in [0.2, 0.25) is 0 Å². The molecule has 0 aliphatic carbocycles. The molecule has 2 heteroatoms. The van der Waals surface area contributed by atoms with E-state index < -0.39 is 0 Å². The van der Waals surface area contributed by atoms with Crippen LogP contribution in [0.5, 0.6) is 5.75 Å². The number of aryl methyl sites for hydroxylation is 1. The van der Waals surface area contributed by atoms with Gasteiger partial charge in [0.15, 0.2) is 0 Å². The predicted octanol–water partition coefficient (Wildman–Crippen LogP) is 7.94. The fraction of sp³-hybridized carbons (Fsp3) is 0.0645. The van der Waals surface area contributed by atoms with Crippen molar-refractivity contribution < 1.29 is 4.74 Å². The smallest absolute Gasteiger partial charge is 0.127 e. The molecule has 5 aromatic carbocycles. The number of allylic oxidation sites excluding steroid dienone is 1. The Bertz CT molecular complexity index is 1520. The Hall–Kier alpha value is -4.35. The Labute approximate surface area is 194 Å². The lowest BCUT2D eigenvalue weighted by atomic mass is 9.98. The Kier molecular flexibility index (Phi) is 5.62. The normalized spacial score (nSPS) is 11.5. The van der Waals surface area contributed by atoms with E-state index in [0.717, 1.165) is 33.2 Å². The van der Waals surface area contributed by atoms with E-state index in [-0.39, 0.29) is 0 Å². The highest BCUT2D eigenvalue weighted by atomic mass is 16.5. The molecule has 0 spiro atoms. The minimum atomic E-state index is 0.451. The first-order valence-electron chi connectivity index (χ1n) is 11.0. The maximum absolute atomic E-state index is 9.94. The summed E-state index contributed by atoms with van der Waals surface area (Å²) in [4.78, 5) is 0. The first-order valence-corrected chi connectivity index (χ1v) is 11.0. The molecule has 5 rings (SSSR count). The van der Waals surface area contributed by atoms with Crippen molar-refractivity contribution in [2.75, 3.05) is 0 Å². The van der Waals surface area contributed by atoms with Gasteiger partial charge in [0.25, 0.3) is 0 Å². The fourth-order valence-electron chi connectivity index (χ4n) is 4.18. The van der Waals surface area contributed by atoms with Gasteiger partial charge in [0.05, 0.1) is 11.6 Å². The monoisotopic (exact) mass is 425 g/mol. The summed E-state index contributed by atoms with van der Waals surface area (Å²) in [6.07, 6.45) is 1.95. The second-order valence-corrected chi connectivity index (χ2v) is 8.16. The molecule has 0 heterocycles. The Morgan fingerprint density at radius 1 is 0.758 bits per heavy atom. The van der Waals surface area contributed by atoms with Crippen LogP contribution in [0.25, 0.3) is 33.2 Å². The third-order valence-electron chi connectivity index (χ3n) is 5.97. The van der Waals surface area contributed by atoms with Gasteiger partial charge < -0.3 is 4.74 Å². The second-order valence-electron chi connectivity index (χ2n) is 8.16. The van der Waals surface area contributed by atoms with Crippen LogP contribution in [0.15, 0.2) is 103 Å². The molecule has 5 aromatic rings. The molecule has 0 unspecified atom stereocenters. The second kappa shape index (κ2) is 9.02. The Morgan fingerprint density at radius 3 is 2.18 bits per heavy atom. The van der Waals surface area contributed by atoms with Crippen LogP contribution in [-0.4, -0.2) is 0 Å². The minimum Gasteiger partial charge on any atom is -0.488 e. The van der Waals surface area contributed by atoms with Crippen LogP contribution in [0.3, 0.4) is 0 Å². The highest BCUT2D eigenvalue weighted by Crippen LogP contribution is 2.33. The van der Waals surface area contributed by atoms with Crippen molar-refractivity contribution in [3.8, 4) is 11.8 Å². The number of hydrogen-bond acceptors (Lipinski definition) is 2. The van der Waals surface area contributed by atoms with Gasteiger partial charge in [-0.25, -0.2) is 0 Å². The van der Waals surface area contributed by atoms with E-state index >= 15 is 0 Å². The summed E-state index contributed by atoms with van der Waals surface area (Å²) in [6.45, 7) is 2.50. The molecule has 0 N–H and O–H groups in total. The predicted molar refractivity (Wildman–Crippen MR) is 137 cm³/mol. The van der Waals surface area contributed by atoms with Crippen molar-refractivity contribution in [1.82, 2.24) is 0 Å². The third kappa shape index (κ3) is 4.22. The lowest BCUT2D eigenvalue weighted by molar-refractivity contribution is 0.307. The summed E-state index contributed by atoms with van der Waals surface area (Å²) in [6, 6.07) is 37.3. The van der Waals surface area contributed by atoms with E-state index in [1.165, 1.54) is 16.3 Å². The molecule has 0 saturated heterocycles. The number of rotatable bonds is 5. The van der Waals surface area contributed by atoms with Crippen LogP contribution < -0.4 is 4.74 Å². The van der Waals surface area contributed by atoms with Crippen LogP contribution in [0.2, 0.25) is 0 Å². The maximum Gasteiger partial charge on any atom is 0.127 e. The van der Waals surface area contributed by atoms with Crippen molar-refractivity contribution >= 4 is 33.2 Å². The molecule has 0 fully saturated rings. The van der Waals surface area contributed by atoms with E-state index in [9.17, 15) is 5.26 Å². The minimum absolute atomic E-state index is 0.451. The maximum atomic E-state index is 9.94. The van der Waals surface area contributed by atoms with Crippen LogP contribution in [0.4, 0.5) is 0 Å². The lowest BCUT2D eigenvalue weighted by Crippen LogP contribution is -1.99. The number of hydrogen-bond donors (Lipinski definition) is 0. The van der Waals surface area contributed by atoms with Crippen LogP contribution in [-0.2, 0) is 6.61 Å². The molecule has 158 valence electrons. The SMILES string of the molecule is Cc1ccc(/C(C#N)=C/c2c(OCc3cccc4ccccc34)ccc3ccccc23)cc1. The zero-order chi connectivity index (χ0) is 22.6. The quantitative estimate of drug-likeness (QED) is 0.211. The van der Waals surface area contributed by atoms with E-state index in [1.807, 2.05) is 61.5 Å². The Balaban J connectivity index is 1.59. The van der Waals surface area contributed by atoms with E-state index in [1.54, 1.807) is 0 Å². The van der Waals surface area contributed by atoms with Gasteiger partial charge in [-0.05, 0) is 51.7 Å². The number of nitrogens with zero attached hydrogens (tertiary/aromatic N) is 1. The average Bonchev–Trinajstić information content (AvgIpc) is 2.87. The molecular formula is C31H23NO. The van der Waals surface area contributed by atoms with Crippen LogP contribution in [0, 0.1) is 18.3 Å². The zero-order valence-corrected chi connectivity index (χ0v) is 18.5. The number of benzene rings is 5. The highest BCUT2D eigenvalue weighted by molar-refractivity contribution is 6.00. The fourth-order valence-corrected chi connectivity index (χ4v) is 4.18. The molecule has 0 radical (unpaired) electrons. The third-order valence-corrected chi connectivity index (χ3v) is 5.97. The molecule has 33 heavy (non-hydrogen) atoms. The van der Waals surface area contributed by atoms with E-state index in [0.29, 0.717) is 12.2 Å². The van der Waals surface area contributed by atoms with E-state index in [4.69, 9.17) is 4.74 Å². The first-order chi connectivity index (χ1) is 16.2.